The summed E-state index contributed by atoms with van der Waals surface area (Å²) in [6.07, 6.45) is 8.19. The van der Waals surface area contributed by atoms with Crippen molar-refractivity contribution in [1.29, 1.82) is 0 Å². The number of hydrogen-bond donors (Lipinski definition) is 1. The molecular formula is C14H15N5OS. The zero-order chi connectivity index (χ0) is 14.7. The predicted molar refractivity (Wildman–Crippen MR) is 80.0 cm³/mol. The minimum Gasteiger partial charge on any atom is -0.350 e. The van der Waals surface area contributed by atoms with E-state index in [9.17, 15) is 4.79 Å². The van der Waals surface area contributed by atoms with E-state index in [2.05, 4.69) is 20.3 Å². The highest BCUT2D eigenvalue weighted by molar-refractivity contribution is 7.09. The molecule has 21 heavy (non-hydrogen) atoms. The van der Waals surface area contributed by atoms with Crippen LogP contribution in [0.3, 0.4) is 0 Å². The lowest BCUT2D eigenvalue weighted by Crippen LogP contribution is -2.23. The first kappa shape index (κ1) is 13.7. The number of thiazole rings is 1. The first-order chi connectivity index (χ1) is 10.2. The number of carbonyl (C=O) groups excluding carboxylic acids is 1. The molecule has 0 aliphatic heterocycles. The molecule has 3 aromatic rings. The third-order valence-corrected chi connectivity index (χ3v) is 4.28. The highest BCUT2D eigenvalue weighted by Gasteiger charge is 2.08. The van der Waals surface area contributed by atoms with Gasteiger partial charge in [0.15, 0.2) is 5.65 Å². The second kappa shape index (κ2) is 6.01. The predicted octanol–water partition coefficient (Wildman–Crippen LogP) is 1.74. The second-order valence-corrected chi connectivity index (χ2v) is 5.63. The maximum atomic E-state index is 11.9. The van der Waals surface area contributed by atoms with Crippen molar-refractivity contribution >= 4 is 22.9 Å². The van der Waals surface area contributed by atoms with Gasteiger partial charge >= 0.3 is 0 Å². The van der Waals surface area contributed by atoms with Crippen molar-refractivity contribution in [3.05, 3.63) is 46.6 Å². The normalized spacial score (nSPS) is 10.9. The van der Waals surface area contributed by atoms with E-state index in [4.69, 9.17) is 0 Å². The SMILES string of the molecule is Cc1ncsc1CCC(=O)NCc1cnc2cnccn12. The van der Waals surface area contributed by atoms with Gasteiger partial charge in [-0.15, -0.1) is 11.3 Å². The van der Waals surface area contributed by atoms with Gasteiger partial charge < -0.3 is 5.32 Å². The molecule has 0 spiro atoms. The second-order valence-electron chi connectivity index (χ2n) is 4.69. The van der Waals surface area contributed by atoms with Crippen LogP contribution in [-0.2, 0) is 17.8 Å². The van der Waals surface area contributed by atoms with Crippen LogP contribution in [0.4, 0.5) is 0 Å². The molecule has 1 N–H and O–H groups in total. The molecule has 3 rings (SSSR count). The number of aromatic nitrogens is 4. The molecule has 0 saturated heterocycles. The number of hydrogen-bond acceptors (Lipinski definition) is 5. The molecule has 6 nitrogen and oxygen atoms in total. The summed E-state index contributed by atoms with van der Waals surface area (Å²) in [6.45, 7) is 2.43. The summed E-state index contributed by atoms with van der Waals surface area (Å²) in [6, 6.07) is 0. The molecule has 0 saturated carbocycles. The highest BCUT2D eigenvalue weighted by atomic mass is 32.1. The Bertz CT molecular complexity index is 763. The Kier molecular flexibility index (Phi) is 3.92. The lowest BCUT2D eigenvalue weighted by Gasteiger charge is -2.05. The van der Waals surface area contributed by atoms with Crippen LogP contribution in [0.15, 0.2) is 30.3 Å². The molecular weight excluding hydrogens is 286 g/mol. The molecule has 0 atom stereocenters. The molecule has 0 bridgehead atoms. The van der Waals surface area contributed by atoms with Gasteiger partial charge in [-0.05, 0) is 13.3 Å². The van der Waals surface area contributed by atoms with Gasteiger partial charge in [0.25, 0.3) is 0 Å². The van der Waals surface area contributed by atoms with Crippen LogP contribution < -0.4 is 5.32 Å². The Morgan fingerprint density at radius 2 is 2.29 bits per heavy atom. The van der Waals surface area contributed by atoms with Gasteiger partial charge in [0.05, 0.1) is 35.8 Å². The quantitative estimate of drug-likeness (QED) is 0.779. The molecule has 0 fully saturated rings. The van der Waals surface area contributed by atoms with E-state index in [1.54, 1.807) is 29.9 Å². The number of nitrogens with one attached hydrogen (secondary N) is 1. The Hall–Kier alpha value is -2.28. The van der Waals surface area contributed by atoms with Crippen molar-refractivity contribution in [3.8, 4) is 0 Å². The summed E-state index contributed by atoms with van der Waals surface area (Å²) in [5, 5.41) is 2.92. The van der Waals surface area contributed by atoms with Gasteiger partial charge in [-0.3, -0.25) is 14.2 Å². The molecule has 0 aromatic carbocycles. The van der Waals surface area contributed by atoms with Gasteiger partial charge in [0, 0.05) is 23.7 Å². The fourth-order valence-corrected chi connectivity index (χ4v) is 2.88. The van der Waals surface area contributed by atoms with Crippen molar-refractivity contribution in [2.45, 2.75) is 26.3 Å². The Morgan fingerprint density at radius 1 is 1.38 bits per heavy atom. The van der Waals surface area contributed by atoms with Crippen molar-refractivity contribution < 1.29 is 4.79 Å². The molecule has 0 radical (unpaired) electrons. The summed E-state index contributed by atoms with van der Waals surface area (Å²) in [4.78, 5) is 25.5. The number of aryl methyl sites for hydroxylation is 2. The molecule has 3 aromatic heterocycles. The maximum Gasteiger partial charge on any atom is 0.220 e. The third kappa shape index (κ3) is 3.08. The summed E-state index contributed by atoms with van der Waals surface area (Å²) in [7, 11) is 0. The summed E-state index contributed by atoms with van der Waals surface area (Å²) in [5.41, 5.74) is 4.55. The minimum absolute atomic E-state index is 0.0341. The standard InChI is InChI=1S/C14H15N5OS/c1-10-12(21-9-18-10)2-3-14(20)17-7-11-6-16-13-8-15-4-5-19(11)13/h4-6,8-9H,2-3,7H2,1H3,(H,17,20). The van der Waals surface area contributed by atoms with Crippen LogP contribution in [0, 0.1) is 6.92 Å². The number of fused-ring (bicyclic) bond motifs is 1. The van der Waals surface area contributed by atoms with E-state index in [0.717, 1.165) is 23.5 Å². The molecule has 3 heterocycles. The van der Waals surface area contributed by atoms with Gasteiger partial charge in [-0.1, -0.05) is 0 Å². The maximum absolute atomic E-state index is 11.9. The van der Waals surface area contributed by atoms with Crippen molar-refractivity contribution in [2.24, 2.45) is 0 Å². The topological polar surface area (TPSA) is 72.2 Å². The molecule has 108 valence electrons. The van der Waals surface area contributed by atoms with E-state index in [1.807, 2.05) is 23.0 Å². The largest absolute Gasteiger partial charge is 0.350 e. The van der Waals surface area contributed by atoms with Crippen LogP contribution in [-0.4, -0.2) is 25.3 Å². The molecule has 0 aliphatic carbocycles. The zero-order valence-electron chi connectivity index (χ0n) is 11.6. The fourth-order valence-electron chi connectivity index (χ4n) is 2.10. The van der Waals surface area contributed by atoms with Gasteiger partial charge in [0.2, 0.25) is 5.91 Å². The van der Waals surface area contributed by atoms with Gasteiger partial charge in [-0.25, -0.2) is 9.97 Å². The van der Waals surface area contributed by atoms with Gasteiger partial charge in [-0.2, -0.15) is 0 Å². The van der Waals surface area contributed by atoms with Crippen molar-refractivity contribution in [3.63, 3.8) is 0 Å². The highest BCUT2D eigenvalue weighted by Crippen LogP contribution is 2.14. The van der Waals surface area contributed by atoms with E-state index in [0.29, 0.717) is 13.0 Å². The van der Waals surface area contributed by atoms with Gasteiger partial charge in [0.1, 0.15) is 0 Å². The lowest BCUT2D eigenvalue weighted by atomic mass is 10.2. The van der Waals surface area contributed by atoms with Crippen molar-refractivity contribution in [2.75, 3.05) is 0 Å². The lowest BCUT2D eigenvalue weighted by molar-refractivity contribution is -0.121. The Morgan fingerprint density at radius 3 is 3.10 bits per heavy atom. The number of imidazole rings is 1. The number of rotatable bonds is 5. The zero-order valence-corrected chi connectivity index (χ0v) is 12.4. The monoisotopic (exact) mass is 301 g/mol. The first-order valence-electron chi connectivity index (χ1n) is 6.65. The summed E-state index contributed by atoms with van der Waals surface area (Å²) < 4.78 is 1.92. The molecule has 0 aliphatic rings. The Balaban J connectivity index is 1.55. The molecule has 0 unspecified atom stereocenters. The summed E-state index contributed by atoms with van der Waals surface area (Å²) in [5.74, 6) is 0.0341. The molecule has 7 heteroatoms. The van der Waals surface area contributed by atoms with Crippen LogP contribution in [0.5, 0.6) is 0 Å². The minimum atomic E-state index is 0.0341. The van der Waals surface area contributed by atoms with E-state index < -0.39 is 0 Å². The van der Waals surface area contributed by atoms with Crippen LogP contribution in [0.1, 0.15) is 22.7 Å². The number of carbonyl (C=O) groups is 1. The van der Waals surface area contributed by atoms with Crippen molar-refractivity contribution in [1.82, 2.24) is 24.7 Å². The average Bonchev–Trinajstić information content (AvgIpc) is 3.09. The molecule has 1 amide bonds. The van der Waals surface area contributed by atoms with E-state index in [1.165, 1.54) is 4.88 Å². The average molecular weight is 301 g/mol. The fraction of sp³-hybridized carbons (Fsp3) is 0.286. The Labute approximate surface area is 125 Å². The van der Waals surface area contributed by atoms with Crippen LogP contribution in [0.25, 0.3) is 5.65 Å². The smallest absolute Gasteiger partial charge is 0.220 e. The van der Waals surface area contributed by atoms with E-state index in [-0.39, 0.29) is 5.91 Å². The number of amides is 1. The van der Waals surface area contributed by atoms with Crippen LogP contribution in [0.2, 0.25) is 0 Å². The first-order valence-corrected chi connectivity index (χ1v) is 7.53. The van der Waals surface area contributed by atoms with Crippen LogP contribution >= 0.6 is 11.3 Å². The number of nitrogens with zero attached hydrogens (tertiary/aromatic N) is 4. The third-order valence-electron chi connectivity index (χ3n) is 3.28. The van der Waals surface area contributed by atoms with E-state index >= 15 is 0 Å². The summed E-state index contributed by atoms with van der Waals surface area (Å²) >= 11 is 1.60.